The average molecular weight is 526 g/mol. The van der Waals surface area contributed by atoms with Crippen molar-refractivity contribution >= 4 is 29.9 Å². The van der Waals surface area contributed by atoms with E-state index < -0.39 is 12.8 Å². The van der Waals surface area contributed by atoms with Crippen molar-refractivity contribution in [2.24, 2.45) is 4.99 Å². The number of hydrogen-bond donors (Lipinski definition) is 2. The number of hydrogen-bond acceptors (Lipinski definition) is 3. The highest BCUT2D eigenvalue weighted by Crippen LogP contribution is 2.17. The maximum atomic E-state index is 12.9. The number of aromatic nitrogens is 1. The van der Waals surface area contributed by atoms with E-state index in [2.05, 4.69) is 25.3 Å². The van der Waals surface area contributed by atoms with Crippen LogP contribution < -0.4 is 15.4 Å². The number of nitrogens with zero attached hydrogens (tertiary/aromatic N) is 2. The van der Waals surface area contributed by atoms with Gasteiger partial charge in [0, 0.05) is 25.4 Å². The van der Waals surface area contributed by atoms with Crippen LogP contribution in [-0.4, -0.2) is 36.8 Å². The van der Waals surface area contributed by atoms with Gasteiger partial charge in [-0.1, -0.05) is 18.2 Å². The fraction of sp³-hybridized carbons (Fsp3) is 0.368. The van der Waals surface area contributed by atoms with Gasteiger partial charge in [0.05, 0.1) is 6.54 Å². The SMILES string of the molecule is CCNC(=NCc1ccc(OCC(F)(F)F)nc1)NCCc1ccc(F)cc1.I. The monoisotopic (exact) mass is 526 g/mol. The van der Waals surface area contributed by atoms with Gasteiger partial charge in [-0.05, 0) is 36.6 Å². The second-order valence-electron chi connectivity index (χ2n) is 5.91. The molecule has 0 aliphatic carbocycles. The number of nitrogens with one attached hydrogen (secondary N) is 2. The molecule has 29 heavy (non-hydrogen) atoms. The van der Waals surface area contributed by atoms with Gasteiger partial charge in [-0.2, -0.15) is 13.2 Å². The Morgan fingerprint density at radius 3 is 2.34 bits per heavy atom. The third-order valence-corrected chi connectivity index (χ3v) is 3.56. The van der Waals surface area contributed by atoms with Crippen LogP contribution in [0.25, 0.3) is 0 Å². The van der Waals surface area contributed by atoms with Gasteiger partial charge in [0.1, 0.15) is 5.82 Å². The molecule has 1 heterocycles. The summed E-state index contributed by atoms with van der Waals surface area (Å²) in [5.41, 5.74) is 1.73. The van der Waals surface area contributed by atoms with Gasteiger partial charge in [-0.15, -0.1) is 24.0 Å². The third kappa shape index (κ3) is 10.3. The van der Waals surface area contributed by atoms with Gasteiger partial charge in [0.25, 0.3) is 0 Å². The van der Waals surface area contributed by atoms with Gasteiger partial charge < -0.3 is 15.4 Å². The largest absolute Gasteiger partial charge is 0.468 e. The van der Waals surface area contributed by atoms with Crippen LogP contribution in [-0.2, 0) is 13.0 Å². The summed E-state index contributed by atoms with van der Waals surface area (Å²) in [5.74, 6) is 0.242. The molecule has 2 rings (SSSR count). The molecule has 0 unspecified atom stereocenters. The van der Waals surface area contributed by atoms with E-state index in [0.29, 0.717) is 32.0 Å². The van der Waals surface area contributed by atoms with Crippen molar-refractivity contribution < 1.29 is 22.3 Å². The minimum Gasteiger partial charge on any atom is -0.468 e. The van der Waals surface area contributed by atoms with Crippen LogP contribution in [0.4, 0.5) is 17.6 Å². The van der Waals surface area contributed by atoms with Crippen LogP contribution in [0.1, 0.15) is 18.1 Å². The predicted octanol–water partition coefficient (Wildman–Crippen LogP) is 4.08. The number of benzene rings is 1. The Morgan fingerprint density at radius 1 is 1.07 bits per heavy atom. The van der Waals surface area contributed by atoms with Gasteiger partial charge in [-0.25, -0.2) is 14.4 Å². The lowest BCUT2D eigenvalue weighted by Crippen LogP contribution is -2.38. The Kier molecular flexibility index (Phi) is 10.7. The maximum absolute atomic E-state index is 12.9. The molecule has 0 saturated carbocycles. The number of pyridine rings is 1. The fourth-order valence-corrected chi connectivity index (χ4v) is 2.23. The lowest BCUT2D eigenvalue weighted by molar-refractivity contribution is -0.154. The van der Waals surface area contributed by atoms with E-state index in [9.17, 15) is 17.6 Å². The summed E-state index contributed by atoms with van der Waals surface area (Å²) in [4.78, 5) is 8.27. The Bertz CT molecular complexity index is 752. The molecule has 0 atom stereocenters. The first-order valence-corrected chi connectivity index (χ1v) is 8.77. The van der Waals surface area contributed by atoms with Gasteiger partial charge in [-0.3, -0.25) is 0 Å². The zero-order chi connectivity index (χ0) is 20.4. The first kappa shape index (κ1) is 24.9. The molecule has 10 heteroatoms. The number of ether oxygens (including phenoxy) is 1. The number of guanidine groups is 1. The van der Waals surface area contributed by atoms with Crippen molar-refractivity contribution in [2.45, 2.75) is 26.1 Å². The lowest BCUT2D eigenvalue weighted by Gasteiger charge is -2.11. The second kappa shape index (κ2) is 12.5. The summed E-state index contributed by atoms with van der Waals surface area (Å²) in [6.07, 6.45) is -2.26. The average Bonchev–Trinajstić information content (AvgIpc) is 2.66. The molecule has 0 aliphatic rings. The molecule has 1 aromatic heterocycles. The van der Waals surface area contributed by atoms with E-state index in [1.54, 1.807) is 18.2 Å². The molecule has 0 fully saturated rings. The van der Waals surface area contributed by atoms with Crippen LogP contribution in [0, 0.1) is 5.82 Å². The highest BCUT2D eigenvalue weighted by molar-refractivity contribution is 14.0. The van der Waals surface area contributed by atoms with E-state index in [1.165, 1.54) is 24.4 Å². The summed E-state index contributed by atoms with van der Waals surface area (Å²) >= 11 is 0. The zero-order valence-electron chi connectivity index (χ0n) is 15.8. The fourth-order valence-electron chi connectivity index (χ4n) is 2.23. The van der Waals surface area contributed by atoms with Crippen molar-refractivity contribution in [3.05, 3.63) is 59.5 Å². The molecule has 0 spiro atoms. The molecule has 0 radical (unpaired) electrons. The number of alkyl halides is 3. The molecule has 2 N–H and O–H groups in total. The molecule has 0 bridgehead atoms. The second-order valence-corrected chi connectivity index (χ2v) is 5.91. The molecule has 2 aromatic rings. The Balaban J connectivity index is 0.00000420. The van der Waals surface area contributed by atoms with Gasteiger partial charge >= 0.3 is 6.18 Å². The number of halogens is 5. The molecule has 1 aromatic carbocycles. The summed E-state index contributed by atoms with van der Waals surface area (Å²) in [7, 11) is 0. The lowest BCUT2D eigenvalue weighted by atomic mass is 10.1. The Labute approximate surface area is 184 Å². The first-order chi connectivity index (χ1) is 13.4. The summed E-state index contributed by atoms with van der Waals surface area (Å²) in [5, 5.41) is 6.28. The van der Waals surface area contributed by atoms with Crippen molar-refractivity contribution in [3.8, 4) is 5.88 Å². The Hall–Kier alpha value is -2.11. The molecular weight excluding hydrogens is 503 g/mol. The van der Waals surface area contributed by atoms with Crippen LogP contribution in [0.5, 0.6) is 5.88 Å². The predicted molar refractivity (Wildman–Crippen MR) is 114 cm³/mol. The van der Waals surface area contributed by atoms with E-state index in [1.807, 2.05) is 6.92 Å². The minimum atomic E-state index is -4.40. The normalized spacial score (nSPS) is 11.6. The van der Waals surface area contributed by atoms with Crippen molar-refractivity contribution in [2.75, 3.05) is 19.7 Å². The highest BCUT2D eigenvalue weighted by atomic mass is 127. The molecule has 0 amide bonds. The third-order valence-electron chi connectivity index (χ3n) is 3.56. The quantitative estimate of drug-likeness (QED) is 0.236. The highest BCUT2D eigenvalue weighted by Gasteiger charge is 2.28. The zero-order valence-corrected chi connectivity index (χ0v) is 18.1. The topological polar surface area (TPSA) is 58.5 Å². The summed E-state index contributed by atoms with van der Waals surface area (Å²) in [6, 6.07) is 9.30. The van der Waals surface area contributed by atoms with Crippen molar-refractivity contribution in [1.82, 2.24) is 15.6 Å². The van der Waals surface area contributed by atoms with Crippen LogP contribution in [0.2, 0.25) is 0 Å². The maximum Gasteiger partial charge on any atom is 0.422 e. The molecule has 0 aliphatic heterocycles. The minimum absolute atomic E-state index is 0. The summed E-state index contributed by atoms with van der Waals surface area (Å²) < 4.78 is 53.9. The standard InChI is InChI=1S/C19H22F4N4O.HI/c1-2-24-18(25-10-9-14-3-6-16(20)7-4-14)27-12-15-5-8-17(26-11-15)28-13-19(21,22)23;/h3-8,11H,2,9-10,12-13H2,1H3,(H2,24,25,27);1H. The molecular formula is C19H23F4IN4O. The van der Waals surface area contributed by atoms with E-state index in [0.717, 1.165) is 11.1 Å². The van der Waals surface area contributed by atoms with Crippen LogP contribution in [0.15, 0.2) is 47.6 Å². The van der Waals surface area contributed by atoms with Gasteiger partial charge in [0.15, 0.2) is 12.6 Å². The van der Waals surface area contributed by atoms with E-state index >= 15 is 0 Å². The molecule has 5 nitrogen and oxygen atoms in total. The van der Waals surface area contributed by atoms with Crippen molar-refractivity contribution in [3.63, 3.8) is 0 Å². The van der Waals surface area contributed by atoms with Crippen LogP contribution in [0.3, 0.4) is 0 Å². The van der Waals surface area contributed by atoms with E-state index in [-0.39, 0.29) is 35.7 Å². The molecule has 160 valence electrons. The summed E-state index contributed by atoms with van der Waals surface area (Å²) in [6.45, 7) is 2.15. The first-order valence-electron chi connectivity index (χ1n) is 8.77. The number of rotatable bonds is 8. The van der Waals surface area contributed by atoms with Crippen LogP contribution >= 0.6 is 24.0 Å². The van der Waals surface area contributed by atoms with Gasteiger partial charge in [0.2, 0.25) is 5.88 Å². The van der Waals surface area contributed by atoms with Crippen molar-refractivity contribution in [1.29, 1.82) is 0 Å². The van der Waals surface area contributed by atoms with E-state index in [4.69, 9.17) is 0 Å². The Morgan fingerprint density at radius 2 is 1.76 bits per heavy atom. The molecule has 0 saturated heterocycles. The smallest absolute Gasteiger partial charge is 0.422 e. The number of aliphatic imine (C=N–C) groups is 1.